The van der Waals surface area contributed by atoms with Gasteiger partial charge in [0.25, 0.3) is 5.91 Å². The number of nitrogens with one attached hydrogen (secondary N) is 1. The molecule has 2 aromatic carbocycles. The Morgan fingerprint density at radius 2 is 1.79 bits per heavy atom. The van der Waals surface area contributed by atoms with Gasteiger partial charge < -0.3 is 24.3 Å². The van der Waals surface area contributed by atoms with Gasteiger partial charge in [0.1, 0.15) is 5.75 Å². The van der Waals surface area contributed by atoms with Gasteiger partial charge in [0.05, 0.1) is 5.69 Å². The highest BCUT2D eigenvalue weighted by atomic mass is 16.7. The molecule has 0 bridgehead atoms. The summed E-state index contributed by atoms with van der Waals surface area (Å²) < 4.78 is 21.2. The van der Waals surface area contributed by atoms with E-state index in [0.717, 1.165) is 0 Å². The van der Waals surface area contributed by atoms with E-state index in [-0.39, 0.29) is 23.8 Å². The molecule has 2 aromatic rings. The number of fused-ring (bicyclic) bond motifs is 1. The third-order valence-electron chi connectivity index (χ3n) is 4.17. The normalized spacial score (nSPS) is 12.8. The second-order valence-corrected chi connectivity index (χ2v) is 6.29. The monoisotopic (exact) mass is 399 g/mol. The van der Waals surface area contributed by atoms with Gasteiger partial charge in [-0.25, -0.2) is 4.79 Å². The molecule has 1 heterocycles. The SMILES string of the molecule is CC[C@@H](Oc1ccccc1)C(=O)OCC(=O)Nc1cc2c(cc1C(C)=O)OCO2. The summed E-state index contributed by atoms with van der Waals surface area (Å²) >= 11 is 0. The van der Waals surface area contributed by atoms with Crippen molar-refractivity contribution in [3.63, 3.8) is 0 Å². The Hall–Kier alpha value is -3.55. The van der Waals surface area contributed by atoms with Gasteiger partial charge in [-0.3, -0.25) is 9.59 Å². The zero-order valence-corrected chi connectivity index (χ0v) is 16.1. The Kier molecular flexibility index (Phi) is 6.33. The molecule has 0 fully saturated rings. The zero-order chi connectivity index (χ0) is 20.8. The molecule has 8 nitrogen and oxygen atoms in total. The second kappa shape index (κ2) is 9.09. The maximum Gasteiger partial charge on any atom is 0.347 e. The van der Waals surface area contributed by atoms with Crippen molar-refractivity contribution in [1.82, 2.24) is 0 Å². The van der Waals surface area contributed by atoms with Crippen LogP contribution in [0.1, 0.15) is 30.6 Å². The number of hydrogen-bond acceptors (Lipinski definition) is 7. The van der Waals surface area contributed by atoms with Gasteiger partial charge in [-0.05, 0) is 31.5 Å². The van der Waals surface area contributed by atoms with Crippen LogP contribution < -0.4 is 19.5 Å². The van der Waals surface area contributed by atoms with E-state index in [1.807, 2.05) is 6.07 Å². The van der Waals surface area contributed by atoms with Gasteiger partial charge >= 0.3 is 5.97 Å². The molecule has 0 aliphatic carbocycles. The van der Waals surface area contributed by atoms with Crippen molar-refractivity contribution in [1.29, 1.82) is 0 Å². The fourth-order valence-corrected chi connectivity index (χ4v) is 2.71. The lowest BCUT2D eigenvalue weighted by molar-refractivity contribution is -0.154. The highest BCUT2D eigenvalue weighted by Gasteiger charge is 2.23. The minimum Gasteiger partial charge on any atom is -0.479 e. The van der Waals surface area contributed by atoms with Crippen LogP contribution in [0.3, 0.4) is 0 Å². The quantitative estimate of drug-likeness (QED) is 0.538. The van der Waals surface area contributed by atoms with E-state index in [4.69, 9.17) is 18.9 Å². The fraction of sp³-hybridized carbons (Fsp3) is 0.286. The first-order valence-corrected chi connectivity index (χ1v) is 9.10. The molecule has 1 aliphatic rings. The average molecular weight is 399 g/mol. The number of para-hydroxylation sites is 1. The highest BCUT2D eigenvalue weighted by Crippen LogP contribution is 2.37. The first-order chi connectivity index (χ1) is 14.0. The number of rotatable bonds is 8. The standard InChI is InChI=1S/C21H21NO7/c1-3-17(29-14-7-5-4-6-8-14)21(25)26-11-20(24)22-16-10-19-18(27-12-28-19)9-15(16)13(2)23/h4-10,17H,3,11-12H2,1-2H3,(H,22,24)/t17-/m1/s1. The zero-order valence-electron chi connectivity index (χ0n) is 16.1. The number of ether oxygens (including phenoxy) is 4. The Labute approximate surface area is 167 Å². The van der Waals surface area contributed by atoms with Crippen molar-refractivity contribution < 1.29 is 33.3 Å². The van der Waals surface area contributed by atoms with Crippen molar-refractivity contribution in [3.8, 4) is 17.2 Å². The van der Waals surface area contributed by atoms with Crippen LogP contribution in [-0.4, -0.2) is 37.2 Å². The van der Waals surface area contributed by atoms with Crippen LogP contribution in [0.15, 0.2) is 42.5 Å². The van der Waals surface area contributed by atoms with Gasteiger partial charge in [0.2, 0.25) is 6.79 Å². The predicted octanol–water partition coefficient (Wildman–Crippen LogP) is 2.96. The van der Waals surface area contributed by atoms with E-state index < -0.39 is 24.6 Å². The molecule has 152 valence electrons. The van der Waals surface area contributed by atoms with Gasteiger partial charge in [-0.1, -0.05) is 25.1 Å². The molecule has 0 aromatic heterocycles. The maximum absolute atomic E-state index is 12.2. The summed E-state index contributed by atoms with van der Waals surface area (Å²) in [6.45, 7) is 2.68. The summed E-state index contributed by atoms with van der Waals surface area (Å²) in [5, 5.41) is 2.57. The minimum absolute atomic E-state index is 0.0432. The Morgan fingerprint density at radius 3 is 2.45 bits per heavy atom. The Balaban J connectivity index is 1.59. The lowest BCUT2D eigenvalue weighted by Crippen LogP contribution is -2.31. The number of carbonyl (C=O) groups is 3. The van der Waals surface area contributed by atoms with Gasteiger partial charge in [0.15, 0.2) is 30.0 Å². The molecule has 0 saturated heterocycles. The Bertz CT molecular complexity index is 911. The number of Topliss-reactive ketones (excluding diaryl/α,β-unsaturated/α-hetero) is 1. The number of anilines is 1. The van der Waals surface area contributed by atoms with E-state index in [1.54, 1.807) is 31.2 Å². The molecule has 0 radical (unpaired) electrons. The van der Waals surface area contributed by atoms with Gasteiger partial charge in [0, 0.05) is 11.6 Å². The molecule has 1 N–H and O–H groups in total. The second-order valence-electron chi connectivity index (χ2n) is 6.29. The van der Waals surface area contributed by atoms with Gasteiger partial charge in [-0.2, -0.15) is 0 Å². The van der Waals surface area contributed by atoms with Crippen molar-refractivity contribution in [3.05, 3.63) is 48.0 Å². The fourth-order valence-electron chi connectivity index (χ4n) is 2.71. The molecule has 3 rings (SSSR count). The molecule has 0 saturated carbocycles. The van der Waals surface area contributed by atoms with Crippen LogP contribution in [0.2, 0.25) is 0 Å². The smallest absolute Gasteiger partial charge is 0.347 e. The van der Waals surface area contributed by atoms with E-state index in [9.17, 15) is 14.4 Å². The molecule has 1 amide bonds. The largest absolute Gasteiger partial charge is 0.479 e. The summed E-state index contributed by atoms with van der Waals surface area (Å²) in [4.78, 5) is 36.4. The summed E-state index contributed by atoms with van der Waals surface area (Å²) in [5.41, 5.74) is 0.531. The van der Waals surface area contributed by atoms with Crippen molar-refractivity contribution in [2.24, 2.45) is 0 Å². The molecule has 8 heteroatoms. The van der Waals surface area contributed by atoms with Crippen LogP contribution >= 0.6 is 0 Å². The number of hydrogen-bond donors (Lipinski definition) is 1. The summed E-state index contributed by atoms with van der Waals surface area (Å²) in [5.74, 6) is -0.101. The molecule has 1 atom stereocenters. The van der Waals surface area contributed by atoms with Gasteiger partial charge in [-0.15, -0.1) is 0 Å². The van der Waals surface area contributed by atoms with Crippen molar-refractivity contribution in [2.75, 3.05) is 18.7 Å². The number of amides is 1. The molecule has 0 unspecified atom stereocenters. The van der Waals surface area contributed by atoms with E-state index in [0.29, 0.717) is 23.7 Å². The molecular weight excluding hydrogens is 378 g/mol. The van der Waals surface area contributed by atoms with E-state index in [2.05, 4.69) is 5.32 Å². The minimum atomic E-state index is -0.830. The van der Waals surface area contributed by atoms with Crippen molar-refractivity contribution >= 4 is 23.3 Å². The van der Waals surface area contributed by atoms with Crippen LogP contribution in [0.5, 0.6) is 17.2 Å². The third-order valence-corrected chi connectivity index (χ3v) is 4.17. The molecule has 29 heavy (non-hydrogen) atoms. The number of esters is 1. The number of carbonyl (C=O) groups excluding carboxylic acids is 3. The summed E-state index contributed by atoms with van der Waals surface area (Å²) in [6.07, 6.45) is -0.449. The average Bonchev–Trinajstić information content (AvgIpc) is 3.17. The van der Waals surface area contributed by atoms with E-state index >= 15 is 0 Å². The lowest BCUT2D eigenvalue weighted by atomic mass is 10.1. The first-order valence-electron chi connectivity index (χ1n) is 9.10. The van der Waals surface area contributed by atoms with Crippen LogP contribution in [0.4, 0.5) is 5.69 Å². The predicted molar refractivity (Wildman–Crippen MR) is 103 cm³/mol. The topological polar surface area (TPSA) is 100 Å². The van der Waals surface area contributed by atoms with Crippen LogP contribution in [0, 0.1) is 0 Å². The highest BCUT2D eigenvalue weighted by molar-refractivity contribution is 6.05. The summed E-state index contributed by atoms with van der Waals surface area (Å²) in [6, 6.07) is 11.9. The molecular formula is C21H21NO7. The third kappa shape index (κ3) is 5.04. The lowest BCUT2D eigenvalue weighted by Gasteiger charge is -2.16. The van der Waals surface area contributed by atoms with Crippen molar-refractivity contribution in [2.45, 2.75) is 26.4 Å². The summed E-state index contributed by atoms with van der Waals surface area (Å²) in [7, 11) is 0. The first kappa shape index (κ1) is 20.2. The van der Waals surface area contributed by atoms with Crippen LogP contribution in [0.25, 0.3) is 0 Å². The Morgan fingerprint density at radius 1 is 1.10 bits per heavy atom. The van der Waals surface area contributed by atoms with E-state index in [1.165, 1.54) is 19.1 Å². The molecule has 1 aliphatic heterocycles. The number of ketones is 1. The molecule has 0 spiro atoms. The van der Waals surface area contributed by atoms with Crippen LogP contribution in [-0.2, 0) is 14.3 Å². The number of benzene rings is 2. The maximum atomic E-state index is 12.2.